The van der Waals surface area contributed by atoms with Crippen LogP contribution in [0.2, 0.25) is 0 Å². The minimum Gasteiger partial charge on any atom is -0.480 e. The molecule has 2 aliphatic carbocycles. The summed E-state index contributed by atoms with van der Waals surface area (Å²) in [6, 6.07) is 15.7. The second-order valence-corrected chi connectivity index (χ2v) is 9.42. The molecule has 7 nitrogen and oxygen atoms in total. The van der Waals surface area contributed by atoms with E-state index in [0.717, 1.165) is 35.1 Å². The van der Waals surface area contributed by atoms with E-state index in [1.807, 2.05) is 24.3 Å². The van der Waals surface area contributed by atoms with Crippen molar-refractivity contribution in [2.75, 3.05) is 13.2 Å². The average molecular weight is 465 g/mol. The molecule has 2 amide bonds. The number of hydrogen-bond donors (Lipinski definition) is 2. The molecule has 0 saturated heterocycles. The Morgan fingerprint density at radius 2 is 1.59 bits per heavy atom. The lowest BCUT2D eigenvalue weighted by molar-refractivity contribution is -0.148. The maximum Gasteiger partial charge on any atom is 0.407 e. The molecular formula is C27H32N2O5. The van der Waals surface area contributed by atoms with E-state index in [9.17, 15) is 19.5 Å². The smallest absolute Gasteiger partial charge is 0.407 e. The van der Waals surface area contributed by atoms with E-state index in [1.165, 1.54) is 4.90 Å². The number of amides is 2. The Kier molecular flexibility index (Phi) is 7.20. The molecule has 34 heavy (non-hydrogen) atoms. The third-order valence-corrected chi connectivity index (χ3v) is 6.94. The highest BCUT2D eigenvalue weighted by atomic mass is 16.5. The molecule has 0 radical (unpaired) electrons. The maximum absolute atomic E-state index is 13.2. The van der Waals surface area contributed by atoms with E-state index in [1.54, 1.807) is 13.8 Å². The first-order valence-electron chi connectivity index (χ1n) is 12.0. The number of nitrogens with one attached hydrogen (secondary N) is 1. The zero-order chi connectivity index (χ0) is 24.2. The number of carboxylic acids is 1. The van der Waals surface area contributed by atoms with Gasteiger partial charge in [-0.15, -0.1) is 0 Å². The summed E-state index contributed by atoms with van der Waals surface area (Å²) in [7, 11) is 0. The van der Waals surface area contributed by atoms with E-state index < -0.39 is 18.0 Å². The molecule has 7 heteroatoms. The molecule has 1 fully saturated rings. The van der Waals surface area contributed by atoms with Crippen LogP contribution in [0.1, 0.15) is 56.6 Å². The van der Waals surface area contributed by atoms with Crippen molar-refractivity contribution in [1.29, 1.82) is 0 Å². The predicted octanol–water partition coefficient (Wildman–Crippen LogP) is 4.41. The van der Waals surface area contributed by atoms with Crippen molar-refractivity contribution in [3.63, 3.8) is 0 Å². The molecule has 0 spiro atoms. The van der Waals surface area contributed by atoms with Crippen molar-refractivity contribution in [2.45, 2.75) is 57.5 Å². The largest absolute Gasteiger partial charge is 0.480 e. The lowest BCUT2D eigenvalue weighted by Gasteiger charge is -2.36. The fourth-order valence-corrected chi connectivity index (χ4v) is 5.26. The van der Waals surface area contributed by atoms with Gasteiger partial charge in [0.25, 0.3) is 0 Å². The Balaban J connectivity index is 1.42. The van der Waals surface area contributed by atoms with Gasteiger partial charge in [0.1, 0.15) is 13.2 Å². The average Bonchev–Trinajstić information content (AvgIpc) is 3.14. The normalized spacial score (nSPS) is 19.3. The van der Waals surface area contributed by atoms with E-state index in [2.05, 4.69) is 29.6 Å². The Labute approximate surface area is 200 Å². The van der Waals surface area contributed by atoms with Crippen LogP contribution in [0, 0.1) is 5.92 Å². The highest BCUT2D eigenvalue weighted by Gasteiger charge is 2.37. The van der Waals surface area contributed by atoms with E-state index >= 15 is 0 Å². The van der Waals surface area contributed by atoms with Gasteiger partial charge in [0.2, 0.25) is 5.91 Å². The minimum atomic E-state index is -1.04. The van der Waals surface area contributed by atoms with Gasteiger partial charge in [-0.2, -0.15) is 0 Å². The topological polar surface area (TPSA) is 95.9 Å². The second kappa shape index (κ2) is 10.3. The lowest BCUT2D eigenvalue weighted by Crippen LogP contribution is -2.52. The van der Waals surface area contributed by atoms with Gasteiger partial charge in [-0.3, -0.25) is 9.59 Å². The first-order valence-corrected chi connectivity index (χ1v) is 12.0. The molecule has 4 rings (SSSR count). The molecule has 0 bridgehead atoms. The Bertz CT molecular complexity index is 1020. The third kappa shape index (κ3) is 4.93. The minimum absolute atomic E-state index is 0.0334. The molecule has 0 aliphatic heterocycles. The highest BCUT2D eigenvalue weighted by Crippen LogP contribution is 2.44. The maximum atomic E-state index is 13.2. The van der Waals surface area contributed by atoms with Crippen molar-refractivity contribution in [2.24, 2.45) is 5.92 Å². The summed E-state index contributed by atoms with van der Waals surface area (Å²) >= 11 is 0. The van der Waals surface area contributed by atoms with Gasteiger partial charge in [0, 0.05) is 18.0 Å². The fraction of sp³-hybridized carbons (Fsp3) is 0.444. The number of carboxylic acid groups (broad SMARTS) is 1. The van der Waals surface area contributed by atoms with Gasteiger partial charge in [-0.1, -0.05) is 61.4 Å². The van der Waals surface area contributed by atoms with Crippen molar-refractivity contribution in [3.05, 3.63) is 59.7 Å². The number of aliphatic carboxylic acids is 1. The standard InChI is InChI=1S/C27H32N2O5/c1-17(2)29(15-25(30)31)26(32)22-13-7-8-14-24(22)28-27(33)34-16-23-20-11-5-3-9-18(20)19-10-4-6-12-21(19)23/h3-6,9-12,17,22-24H,7-8,13-16H2,1-2H3,(H,28,33)(H,30,31)/t22-,24+/m1/s1. The number of benzene rings is 2. The van der Waals surface area contributed by atoms with Crippen LogP contribution >= 0.6 is 0 Å². The highest BCUT2D eigenvalue weighted by molar-refractivity contribution is 5.84. The number of carbonyl (C=O) groups is 3. The molecule has 2 aromatic carbocycles. The SMILES string of the molecule is CC(C)N(CC(=O)O)C(=O)[C@@H]1CCCC[C@@H]1NC(=O)OCC1c2ccccc2-c2ccccc21. The van der Waals surface area contributed by atoms with Crippen molar-refractivity contribution in [1.82, 2.24) is 10.2 Å². The number of ether oxygens (including phenoxy) is 1. The summed E-state index contributed by atoms with van der Waals surface area (Å²) in [5.74, 6) is -1.75. The lowest BCUT2D eigenvalue weighted by atomic mass is 9.83. The Hall–Kier alpha value is -3.35. The van der Waals surface area contributed by atoms with Crippen LogP contribution in [0.3, 0.4) is 0 Å². The molecule has 1 saturated carbocycles. The van der Waals surface area contributed by atoms with Crippen LogP contribution < -0.4 is 5.32 Å². The van der Waals surface area contributed by atoms with Crippen LogP contribution in [-0.2, 0) is 14.3 Å². The van der Waals surface area contributed by atoms with E-state index in [4.69, 9.17) is 4.74 Å². The monoisotopic (exact) mass is 464 g/mol. The first kappa shape index (κ1) is 23.8. The Morgan fingerprint density at radius 3 is 2.18 bits per heavy atom. The molecule has 180 valence electrons. The van der Waals surface area contributed by atoms with Gasteiger partial charge in [0.15, 0.2) is 0 Å². The molecular weight excluding hydrogens is 432 g/mol. The summed E-state index contributed by atoms with van der Waals surface area (Å²) in [6.45, 7) is 3.47. The van der Waals surface area contributed by atoms with Gasteiger partial charge in [0.05, 0.1) is 5.92 Å². The number of nitrogens with zero attached hydrogens (tertiary/aromatic N) is 1. The number of alkyl carbamates (subject to hydrolysis) is 1. The number of hydrogen-bond acceptors (Lipinski definition) is 4. The number of rotatable bonds is 7. The number of carbonyl (C=O) groups excluding carboxylic acids is 2. The van der Waals surface area contributed by atoms with Crippen molar-refractivity contribution < 1.29 is 24.2 Å². The zero-order valence-electron chi connectivity index (χ0n) is 19.7. The van der Waals surface area contributed by atoms with Crippen LogP contribution in [0.4, 0.5) is 4.79 Å². The van der Waals surface area contributed by atoms with Crippen molar-refractivity contribution >= 4 is 18.0 Å². The van der Waals surface area contributed by atoms with E-state index in [0.29, 0.717) is 12.8 Å². The summed E-state index contributed by atoms with van der Waals surface area (Å²) in [5, 5.41) is 12.1. The summed E-state index contributed by atoms with van der Waals surface area (Å²) in [6.07, 6.45) is 2.52. The molecule has 0 aromatic heterocycles. The second-order valence-electron chi connectivity index (χ2n) is 9.42. The van der Waals surface area contributed by atoms with Crippen LogP contribution in [-0.4, -0.2) is 53.2 Å². The molecule has 2 atom stereocenters. The van der Waals surface area contributed by atoms with Gasteiger partial charge < -0.3 is 20.1 Å². The van der Waals surface area contributed by atoms with Crippen LogP contribution in [0.5, 0.6) is 0 Å². The summed E-state index contributed by atoms with van der Waals surface area (Å²) < 4.78 is 5.67. The van der Waals surface area contributed by atoms with E-state index in [-0.39, 0.29) is 37.1 Å². The van der Waals surface area contributed by atoms with Gasteiger partial charge >= 0.3 is 12.1 Å². The van der Waals surface area contributed by atoms with Gasteiger partial charge in [-0.25, -0.2) is 4.79 Å². The van der Waals surface area contributed by atoms with Crippen LogP contribution in [0.25, 0.3) is 11.1 Å². The van der Waals surface area contributed by atoms with Crippen LogP contribution in [0.15, 0.2) is 48.5 Å². The summed E-state index contributed by atoms with van der Waals surface area (Å²) in [4.78, 5) is 38.6. The number of fused-ring (bicyclic) bond motifs is 3. The summed E-state index contributed by atoms with van der Waals surface area (Å²) in [5.41, 5.74) is 4.61. The molecule has 0 heterocycles. The molecule has 2 aliphatic rings. The first-order chi connectivity index (χ1) is 16.4. The zero-order valence-corrected chi connectivity index (χ0v) is 19.7. The van der Waals surface area contributed by atoms with Crippen molar-refractivity contribution in [3.8, 4) is 11.1 Å². The quantitative estimate of drug-likeness (QED) is 0.633. The molecule has 2 N–H and O–H groups in total. The fourth-order valence-electron chi connectivity index (χ4n) is 5.26. The third-order valence-electron chi connectivity index (χ3n) is 6.94. The molecule has 2 aromatic rings. The molecule has 0 unspecified atom stereocenters. The van der Waals surface area contributed by atoms with Gasteiger partial charge in [-0.05, 0) is 48.9 Å². The predicted molar refractivity (Wildman–Crippen MR) is 128 cm³/mol. The Morgan fingerprint density at radius 1 is 1.00 bits per heavy atom.